The number of hydrogen-bond acceptors (Lipinski definition) is 3. The van der Waals surface area contributed by atoms with E-state index < -0.39 is 0 Å². The number of rotatable bonds is 5. The first-order chi connectivity index (χ1) is 10.2. The Labute approximate surface area is 126 Å². The molecule has 0 saturated heterocycles. The molecule has 1 aromatic carbocycles. The molecule has 1 aliphatic carbocycles. The van der Waals surface area contributed by atoms with Crippen LogP contribution in [-0.4, -0.2) is 9.78 Å². The van der Waals surface area contributed by atoms with Gasteiger partial charge in [0.15, 0.2) is 0 Å². The molecule has 1 atom stereocenters. The van der Waals surface area contributed by atoms with E-state index in [1.54, 1.807) is 0 Å². The summed E-state index contributed by atoms with van der Waals surface area (Å²) in [7, 11) is 1.98. The fraction of sp³-hybridized carbons (Fsp3) is 0.471. The third kappa shape index (κ3) is 2.74. The Balaban J connectivity index is 1.93. The van der Waals surface area contributed by atoms with Crippen LogP contribution in [0.25, 0.3) is 0 Å². The zero-order valence-corrected chi connectivity index (χ0v) is 12.8. The predicted octanol–water partition coefficient (Wildman–Crippen LogP) is 2.80. The molecule has 1 aliphatic rings. The molecule has 0 spiro atoms. The third-order valence-electron chi connectivity index (χ3n) is 4.61. The molecule has 0 bridgehead atoms. The van der Waals surface area contributed by atoms with Crippen LogP contribution in [0, 0.1) is 0 Å². The second kappa shape index (κ2) is 6.00. The molecule has 0 radical (unpaired) electrons. The zero-order valence-electron chi connectivity index (χ0n) is 12.8. The Hall–Kier alpha value is -1.65. The van der Waals surface area contributed by atoms with Crippen LogP contribution in [0.15, 0.2) is 30.3 Å². The fourth-order valence-corrected chi connectivity index (χ4v) is 3.07. The summed E-state index contributed by atoms with van der Waals surface area (Å²) in [4.78, 5) is 0. The number of aryl methyl sites for hydroxylation is 2. The van der Waals surface area contributed by atoms with Crippen LogP contribution >= 0.6 is 0 Å². The lowest BCUT2D eigenvalue weighted by Gasteiger charge is -2.27. The van der Waals surface area contributed by atoms with Crippen molar-refractivity contribution >= 4 is 0 Å². The lowest BCUT2D eigenvalue weighted by molar-refractivity contribution is 0.419. The maximum atomic E-state index is 5.84. The van der Waals surface area contributed by atoms with E-state index >= 15 is 0 Å². The molecule has 3 N–H and O–H groups in total. The summed E-state index contributed by atoms with van der Waals surface area (Å²) >= 11 is 0. The number of aromatic nitrogens is 2. The van der Waals surface area contributed by atoms with Crippen molar-refractivity contribution in [2.45, 2.75) is 44.6 Å². The van der Waals surface area contributed by atoms with Crippen LogP contribution in [0.5, 0.6) is 0 Å². The monoisotopic (exact) mass is 284 g/mol. The minimum absolute atomic E-state index is 0.0113. The lowest BCUT2D eigenvalue weighted by Crippen LogP contribution is -2.30. The standard InChI is InChI=1S/C17H24N4/c1-3-15-11-16(21(2)20-15)17(19-18)14-9-5-8-13(10-14)12-6-4-7-12/h5,8-12,17,19H,3-4,6-7,18H2,1-2H3. The summed E-state index contributed by atoms with van der Waals surface area (Å²) < 4.78 is 1.93. The van der Waals surface area contributed by atoms with E-state index in [9.17, 15) is 0 Å². The van der Waals surface area contributed by atoms with Crippen molar-refractivity contribution in [3.05, 3.63) is 52.8 Å². The van der Waals surface area contributed by atoms with E-state index in [0.29, 0.717) is 0 Å². The Bertz CT molecular complexity index is 613. The predicted molar refractivity (Wildman–Crippen MR) is 84.8 cm³/mol. The fourth-order valence-electron chi connectivity index (χ4n) is 3.07. The van der Waals surface area contributed by atoms with Gasteiger partial charge in [-0.15, -0.1) is 0 Å². The Morgan fingerprint density at radius 2 is 2.19 bits per heavy atom. The summed E-state index contributed by atoms with van der Waals surface area (Å²) in [5.74, 6) is 6.58. The molecule has 3 rings (SSSR count). The van der Waals surface area contributed by atoms with Gasteiger partial charge >= 0.3 is 0 Å². The van der Waals surface area contributed by atoms with Crippen LogP contribution in [0.2, 0.25) is 0 Å². The Morgan fingerprint density at radius 1 is 1.38 bits per heavy atom. The van der Waals surface area contributed by atoms with Crippen LogP contribution in [-0.2, 0) is 13.5 Å². The highest BCUT2D eigenvalue weighted by Gasteiger charge is 2.22. The maximum absolute atomic E-state index is 5.84. The van der Waals surface area contributed by atoms with E-state index in [0.717, 1.165) is 23.7 Å². The molecule has 4 heteroatoms. The van der Waals surface area contributed by atoms with Gasteiger partial charge < -0.3 is 0 Å². The number of nitrogens with one attached hydrogen (secondary N) is 1. The molecule has 0 amide bonds. The van der Waals surface area contributed by atoms with Gasteiger partial charge in [-0.3, -0.25) is 10.5 Å². The number of benzene rings is 1. The summed E-state index contributed by atoms with van der Waals surface area (Å²) in [5, 5.41) is 4.53. The molecule has 4 nitrogen and oxygen atoms in total. The highest BCUT2D eigenvalue weighted by atomic mass is 15.3. The minimum Gasteiger partial charge on any atom is -0.271 e. The van der Waals surface area contributed by atoms with Gasteiger partial charge in [-0.05, 0) is 42.4 Å². The second-order valence-electron chi connectivity index (χ2n) is 5.94. The van der Waals surface area contributed by atoms with Gasteiger partial charge in [0.05, 0.1) is 17.4 Å². The van der Waals surface area contributed by atoms with Gasteiger partial charge in [0, 0.05) is 7.05 Å². The average Bonchev–Trinajstić information content (AvgIpc) is 2.80. The van der Waals surface area contributed by atoms with E-state index in [-0.39, 0.29) is 6.04 Å². The molecule has 0 aliphatic heterocycles. The quantitative estimate of drug-likeness (QED) is 0.655. The molecule has 1 fully saturated rings. The first-order valence-corrected chi connectivity index (χ1v) is 7.81. The first kappa shape index (κ1) is 14.3. The lowest BCUT2D eigenvalue weighted by atomic mass is 9.79. The van der Waals surface area contributed by atoms with Crippen LogP contribution in [0.1, 0.15) is 60.7 Å². The summed E-state index contributed by atoms with van der Waals surface area (Å²) in [5.41, 5.74) is 7.82. The highest BCUT2D eigenvalue weighted by Crippen LogP contribution is 2.37. The topological polar surface area (TPSA) is 55.9 Å². The largest absolute Gasteiger partial charge is 0.271 e. The van der Waals surface area contributed by atoms with Crippen molar-refractivity contribution < 1.29 is 0 Å². The first-order valence-electron chi connectivity index (χ1n) is 7.81. The van der Waals surface area contributed by atoms with Gasteiger partial charge in [0.25, 0.3) is 0 Å². The van der Waals surface area contributed by atoms with Gasteiger partial charge in [-0.25, -0.2) is 5.43 Å². The van der Waals surface area contributed by atoms with Gasteiger partial charge in [-0.2, -0.15) is 5.10 Å². The molecular weight excluding hydrogens is 260 g/mol. The van der Waals surface area contributed by atoms with Gasteiger partial charge in [-0.1, -0.05) is 37.6 Å². The van der Waals surface area contributed by atoms with Crippen molar-refractivity contribution in [3.63, 3.8) is 0 Å². The summed E-state index contributed by atoms with van der Waals surface area (Å²) in [6.07, 6.45) is 4.92. The van der Waals surface area contributed by atoms with E-state index in [1.807, 2.05) is 11.7 Å². The maximum Gasteiger partial charge on any atom is 0.0878 e. The third-order valence-corrected chi connectivity index (χ3v) is 4.61. The molecule has 1 saturated carbocycles. The normalized spacial score (nSPS) is 16.7. The molecule has 1 aromatic heterocycles. The smallest absolute Gasteiger partial charge is 0.0878 e. The minimum atomic E-state index is -0.0113. The van der Waals surface area contributed by atoms with Crippen LogP contribution in [0.3, 0.4) is 0 Å². The Kier molecular flexibility index (Phi) is 4.08. The van der Waals surface area contributed by atoms with E-state index in [4.69, 9.17) is 5.84 Å². The second-order valence-corrected chi connectivity index (χ2v) is 5.94. The number of nitrogens with zero attached hydrogens (tertiary/aromatic N) is 2. The number of nitrogens with two attached hydrogens (primary N) is 1. The van der Waals surface area contributed by atoms with Crippen molar-refractivity contribution in [1.29, 1.82) is 0 Å². The van der Waals surface area contributed by atoms with Gasteiger partial charge in [0.2, 0.25) is 0 Å². The average molecular weight is 284 g/mol. The van der Waals surface area contributed by atoms with Crippen molar-refractivity contribution in [2.24, 2.45) is 12.9 Å². The van der Waals surface area contributed by atoms with Gasteiger partial charge in [0.1, 0.15) is 0 Å². The number of hydrogen-bond donors (Lipinski definition) is 2. The van der Waals surface area contributed by atoms with E-state index in [2.05, 4.69) is 47.8 Å². The van der Waals surface area contributed by atoms with Crippen molar-refractivity contribution in [3.8, 4) is 0 Å². The number of hydrazine groups is 1. The van der Waals surface area contributed by atoms with Crippen molar-refractivity contribution in [1.82, 2.24) is 15.2 Å². The molecule has 1 heterocycles. The SMILES string of the molecule is CCc1cc(C(NN)c2cccc(C3CCC3)c2)n(C)n1. The van der Waals surface area contributed by atoms with Crippen LogP contribution in [0.4, 0.5) is 0 Å². The molecule has 21 heavy (non-hydrogen) atoms. The molecule has 112 valence electrons. The Morgan fingerprint density at radius 3 is 2.76 bits per heavy atom. The van der Waals surface area contributed by atoms with Crippen LogP contribution < -0.4 is 11.3 Å². The summed E-state index contributed by atoms with van der Waals surface area (Å²) in [6, 6.07) is 11.0. The van der Waals surface area contributed by atoms with E-state index in [1.165, 1.54) is 30.4 Å². The molecular formula is C17H24N4. The molecule has 1 unspecified atom stereocenters. The molecule has 2 aromatic rings. The summed E-state index contributed by atoms with van der Waals surface area (Å²) in [6.45, 7) is 2.12. The zero-order chi connectivity index (χ0) is 14.8. The van der Waals surface area contributed by atoms with Crippen molar-refractivity contribution in [2.75, 3.05) is 0 Å². The highest BCUT2D eigenvalue weighted by molar-refractivity contribution is 5.34.